The van der Waals surface area contributed by atoms with Gasteiger partial charge >= 0.3 is 0 Å². The van der Waals surface area contributed by atoms with Crippen molar-refractivity contribution in [1.29, 1.82) is 0 Å². The van der Waals surface area contributed by atoms with Gasteiger partial charge in [0.2, 0.25) is 0 Å². The molecule has 4 heteroatoms. The third kappa shape index (κ3) is 2.75. The highest BCUT2D eigenvalue weighted by molar-refractivity contribution is 5.23. The van der Waals surface area contributed by atoms with E-state index in [0.29, 0.717) is 6.04 Å². The summed E-state index contributed by atoms with van der Waals surface area (Å²) in [5.41, 5.74) is 2.61. The van der Waals surface area contributed by atoms with Crippen molar-refractivity contribution in [2.45, 2.75) is 52.2 Å². The normalized spacial score (nSPS) is 15.9. The van der Waals surface area contributed by atoms with Crippen LogP contribution >= 0.6 is 0 Å². The molecule has 1 atom stereocenters. The molecule has 0 amide bonds. The zero-order valence-electron chi connectivity index (χ0n) is 12.3. The fourth-order valence-corrected chi connectivity index (χ4v) is 2.72. The van der Waals surface area contributed by atoms with Gasteiger partial charge in [-0.3, -0.25) is 0 Å². The van der Waals surface area contributed by atoms with Crippen LogP contribution in [0, 0.1) is 6.92 Å². The van der Waals surface area contributed by atoms with Crippen LogP contribution in [0.3, 0.4) is 0 Å². The second-order valence-corrected chi connectivity index (χ2v) is 5.65. The van der Waals surface area contributed by atoms with Gasteiger partial charge in [-0.05, 0) is 32.3 Å². The van der Waals surface area contributed by atoms with Crippen LogP contribution in [0.4, 0.5) is 0 Å². The summed E-state index contributed by atoms with van der Waals surface area (Å²) in [6.45, 7) is 6.16. The minimum absolute atomic E-state index is 0.326. The molecule has 1 aliphatic heterocycles. The van der Waals surface area contributed by atoms with Crippen LogP contribution in [0.5, 0.6) is 0 Å². The standard InChI is InChI=1S/C16H22N4/c1-12-6-8-14(9-7-12)13(2)17-11-16-19-18-15-5-3-4-10-20(15)16/h6-9,13,17H,3-5,10-11H2,1-2H3. The third-order valence-electron chi connectivity index (χ3n) is 4.08. The fraction of sp³-hybridized carbons (Fsp3) is 0.500. The maximum Gasteiger partial charge on any atom is 0.147 e. The Hall–Kier alpha value is -1.68. The zero-order chi connectivity index (χ0) is 13.9. The Morgan fingerprint density at radius 1 is 1.20 bits per heavy atom. The molecule has 0 saturated carbocycles. The molecule has 1 aliphatic rings. The van der Waals surface area contributed by atoms with Crippen LogP contribution in [0.2, 0.25) is 0 Å². The Morgan fingerprint density at radius 2 is 2.00 bits per heavy atom. The molecule has 3 rings (SSSR count). The molecule has 0 aliphatic carbocycles. The molecule has 0 saturated heterocycles. The fourth-order valence-electron chi connectivity index (χ4n) is 2.72. The first-order valence-electron chi connectivity index (χ1n) is 7.45. The minimum atomic E-state index is 0.326. The summed E-state index contributed by atoms with van der Waals surface area (Å²) >= 11 is 0. The summed E-state index contributed by atoms with van der Waals surface area (Å²) in [6, 6.07) is 9.02. The van der Waals surface area contributed by atoms with Crippen LogP contribution in [0.1, 0.15) is 48.6 Å². The Bertz CT molecular complexity index is 571. The largest absolute Gasteiger partial charge is 0.314 e. The summed E-state index contributed by atoms with van der Waals surface area (Å²) in [7, 11) is 0. The number of nitrogens with zero attached hydrogens (tertiary/aromatic N) is 3. The number of hydrogen-bond acceptors (Lipinski definition) is 3. The molecule has 1 N–H and O–H groups in total. The van der Waals surface area contributed by atoms with E-state index in [-0.39, 0.29) is 0 Å². The first-order chi connectivity index (χ1) is 9.74. The molecule has 0 radical (unpaired) electrons. The third-order valence-corrected chi connectivity index (χ3v) is 4.08. The lowest BCUT2D eigenvalue weighted by Crippen LogP contribution is -2.22. The molecular weight excluding hydrogens is 248 g/mol. The molecule has 1 aromatic carbocycles. The molecular formula is C16H22N4. The van der Waals surface area contributed by atoms with Crippen molar-refractivity contribution in [2.75, 3.05) is 0 Å². The Morgan fingerprint density at radius 3 is 2.80 bits per heavy atom. The lowest BCUT2D eigenvalue weighted by molar-refractivity contribution is 0.484. The predicted molar refractivity (Wildman–Crippen MR) is 79.4 cm³/mol. The average molecular weight is 270 g/mol. The Labute approximate surface area is 120 Å². The van der Waals surface area contributed by atoms with Gasteiger partial charge in [-0.25, -0.2) is 0 Å². The number of hydrogen-bond donors (Lipinski definition) is 1. The topological polar surface area (TPSA) is 42.7 Å². The van der Waals surface area contributed by atoms with E-state index >= 15 is 0 Å². The highest BCUT2D eigenvalue weighted by Crippen LogP contribution is 2.16. The first kappa shape index (κ1) is 13.3. The van der Waals surface area contributed by atoms with Gasteiger partial charge in [0, 0.05) is 19.0 Å². The number of rotatable bonds is 4. The zero-order valence-corrected chi connectivity index (χ0v) is 12.3. The van der Waals surface area contributed by atoms with Crippen molar-refractivity contribution in [1.82, 2.24) is 20.1 Å². The summed E-state index contributed by atoms with van der Waals surface area (Å²) in [6.07, 6.45) is 3.55. The maximum absolute atomic E-state index is 4.33. The van der Waals surface area contributed by atoms with Gasteiger partial charge in [0.1, 0.15) is 11.6 Å². The molecule has 20 heavy (non-hydrogen) atoms. The van der Waals surface area contributed by atoms with Gasteiger partial charge < -0.3 is 9.88 Å². The second kappa shape index (κ2) is 5.75. The van der Waals surface area contributed by atoms with E-state index in [2.05, 4.69) is 58.2 Å². The average Bonchev–Trinajstić information content (AvgIpc) is 2.89. The van der Waals surface area contributed by atoms with Crippen molar-refractivity contribution < 1.29 is 0 Å². The molecule has 0 bridgehead atoms. The molecule has 1 aromatic heterocycles. The highest BCUT2D eigenvalue weighted by atomic mass is 15.3. The van der Waals surface area contributed by atoms with Crippen LogP contribution in [-0.2, 0) is 19.5 Å². The molecule has 1 unspecified atom stereocenters. The van der Waals surface area contributed by atoms with Crippen molar-refractivity contribution in [3.63, 3.8) is 0 Å². The number of aromatic nitrogens is 3. The van der Waals surface area contributed by atoms with Crippen molar-refractivity contribution in [2.24, 2.45) is 0 Å². The molecule has 0 spiro atoms. The number of benzene rings is 1. The summed E-state index contributed by atoms with van der Waals surface area (Å²) in [5.74, 6) is 2.22. The molecule has 2 heterocycles. The lowest BCUT2D eigenvalue weighted by atomic mass is 10.1. The van der Waals surface area contributed by atoms with Crippen LogP contribution < -0.4 is 5.32 Å². The summed E-state index contributed by atoms with van der Waals surface area (Å²) in [4.78, 5) is 0. The molecule has 2 aromatic rings. The van der Waals surface area contributed by atoms with Crippen molar-refractivity contribution in [3.05, 3.63) is 47.0 Å². The van der Waals surface area contributed by atoms with Gasteiger partial charge in [-0.2, -0.15) is 0 Å². The number of fused-ring (bicyclic) bond motifs is 1. The lowest BCUT2D eigenvalue weighted by Gasteiger charge is -2.17. The summed E-state index contributed by atoms with van der Waals surface area (Å²) < 4.78 is 2.28. The number of nitrogens with one attached hydrogen (secondary N) is 1. The van der Waals surface area contributed by atoms with Crippen LogP contribution in [-0.4, -0.2) is 14.8 Å². The van der Waals surface area contributed by atoms with Gasteiger partial charge in [0.15, 0.2) is 0 Å². The second-order valence-electron chi connectivity index (χ2n) is 5.65. The smallest absolute Gasteiger partial charge is 0.147 e. The predicted octanol–water partition coefficient (Wildman–Crippen LogP) is 2.77. The van der Waals surface area contributed by atoms with Crippen LogP contribution in [0.15, 0.2) is 24.3 Å². The molecule has 0 fully saturated rings. The van der Waals surface area contributed by atoms with E-state index in [4.69, 9.17) is 0 Å². The quantitative estimate of drug-likeness (QED) is 0.929. The van der Waals surface area contributed by atoms with E-state index in [1.165, 1.54) is 24.0 Å². The van der Waals surface area contributed by atoms with Gasteiger partial charge in [-0.15, -0.1) is 10.2 Å². The van der Waals surface area contributed by atoms with E-state index in [0.717, 1.165) is 31.2 Å². The minimum Gasteiger partial charge on any atom is -0.314 e. The van der Waals surface area contributed by atoms with Gasteiger partial charge in [0.05, 0.1) is 6.54 Å². The first-order valence-corrected chi connectivity index (χ1v) is 7.45. The number of aryl methyl sites for hydroxylation is 2. The SMILES string of the molecule is Cc1ccc(C(C)NCc2nnc3n2CCCC3)cc1. The Balaban J connectivity index is 1.64. The maximum atomic E-state index is 4.33. The van der Waals surface area contributed by atoms with E-state index < -0.39 is 0 Å². The van der Waals surface area contributed by atoms with E-state index in [1.54, 1.807) is 0 Å². The van der Waals surface area contributed by atoms with E-state index in [1.807, 2.05) is 0 Å². The van der Waals surface area contributed by atoms with Crippen LogP contribution in [0.25, 0.3) is 0 Å². The summed E-state index contributed by atoms with van der Waals surface area (Å²) in [5, 5.41) is 12.2. The van der Waals surface area contributed by atoms with Crippen molar-refractivity contribution in [3.8, 4) is 0 Å². The Kier molecular flexibility index (Phi) is 3.83. The monoisotopic (exact) mass is 270 g/mol. The molecule has 106 valence electrons. The highest BCUT2D eigenvalue weighted by Gasteiger charge is 2.16. The molecule has 4 nitrogen and oxygen atoms in total. The van der Waals surface area contributed by atoms with Gasteiger partial charge in [-0.1, -0.05) is 29.8 Å². The van der Waals surface area contributed by atoms with Gasteiger partial charge in [0.25, 0.3) is 0 Å². The van der Waals surface area contributed by atoms with Crippen molar-refractivity contribution >= 4 is 0 Å². The van der Waals surface area contributed by atoms with E-state index in [9.17, 15) is 0 Å².